The van der Waals surface area contributed by atoms with Crippen LogP contribution < -0.4 is 5.32 Å². The first-order valence-electron chi connectivity index (χ1n) is 6.69. The zero-order chi connectivity index (χ0) is 13.8. The molecule has 2 unspecified atom stereocenters. The van der Waals surface area contributed by atoms with Gasteiger partial charge in [-0.05, 0) is 25.3 Å². The maximum Gasteiger partial charge on any atom is 0.306 e. The van der Waals surface area contributed by atoms with Gasteiger partial charge < -0.3 is 15.0 Å². The maximum atomic E-state index is 11.2. The van der Waals surface area contributed by atoms with E-state index in [-0.39, 0.29) is 11.8 Å². The second-order valence-corrected chi connectivity index (χ2v) is 5.56. The Bertz CT molecular complexity index is 447. The molecule has 2 N–H and O–H groups in total. The predicted octanol–water partition coefficient (Wildman–Crippen LogP) is 2.05. The van der Waals surface area contributed by atoms with E-state index in [0.717, 1.165) is 38.1 Å². The largest absolute Gasteiger partial charge is 0.481 e. The molecule has 2 atom stereocenters. The molecule has 1 aromatic heterocycles. The summed E-state index contributed by atoms with van der Waals surface area (Å²) in [6.07, 6.45) is 5.58. The second-order valence-electron chi connectivity index (χ2n) is 5.18. The zero-order valence-corrected chi connectivity index (χ0v) is 11.9. The molecule has 0 aliphatic heterocycles. The Kier molecular flexibility index (Phi) is 4.82. The van der Waals surface area contributed by atoms with E-state index >= 15 is 0 Å². The van der Waals surface area contributed by atoms with Crippen molar-refractivity contribution in [1.29, 1.82) is 0 Å². The number of hydrogen-bond acceptors (Lipinski definition) is 3. The molecule has 1 heterocycles. The summed E-state index contributed by atoms with van der Waals surface area (Å²) in [5.41, 5.74) is 0. The zero-order valence-electron chi connectivity index (χ0n) is 11.1. The lowest BCUT2D eigenvalue weighted by Gasteiger charge is -2.28. The highest BCUT2D eigenvalue weighted by Gasteiger charge is 2.30. The third-order valence-electron chi connectivity index (χ3n) is 3.94. The normalized spacial score (nSPS) is 23.5. The lowest BCUT2D eigenvalue weighted by Crippen LogP contribution is -2.34. The number of rotatable bonds is 5. The molecule has 1 fully saturated rings. The fraction of sp³-hybridized carbons (Fsp3) is 0.692. The number of hydrogen-bond donors (Lipinski definition) is 2. The number of halogens is 1. The molecular weight excluding hydrogens is 266 g/mol. The Morgan fingerprint density at radius 3 is 2.95 bits per heavy atom. The van der Waals surface area contributed by atoms with Crippen LogP contribution in [0, 0.1) is 11.8 Å². The summed E-state index contributed by atoms with van der Waals surface area (Å²) < 4.78 is 1.82. The van der Waals surface area contributed by atoms with Crippen LogP contribution in [0.15, 0.2) is 6.20 Å². The van der Waals surface area contributed by atoms with Crippen molar-refractivity contribution in [2.45, 2.75) is 32.2 Å². The molecule has 0 bridgehead atoms. The van der Waals surface area contributed by atoms with Gasteiger partial charge in [-0.15, -0.1) is 0 Å². The molecule has 2 rings (SSSR count). The number of carbonyl (C=O) groups is 1. The van der Waals surface area contributed by atoms with Crippen molar-refractivity contribution in [1.82, 2.24) is 14.9 Å². The summed E-state index contributed by atoms with van der Waals surface area (Å²) >= 11 is 5.92. The van der Waals surface area contributed by atoms with Crippen LogP contribution in [-0.4, -0.2) is 27.2 Å². The Labute approximate surface area is 118 Å². The molecule has 1 aromatic rings. The van der Waals surface area contributed by atoms with Gasteiger partial charge in [0.15, 0.2) is 0 Å². The number of nitrogens with zero attached hydrogens (tertiary/aromatic N) is 2. The molecule has 19 heavy (non-hydrogen) atoms. The van der Waals surface area contributed by atoms with Gasteiger partial charge in [0, 0.05) is 7.05 Å². The van der Waals surface area contributed by atoms with Gasteiger partial charge in [0.05, 0.1) is 18.7 Å². The van der Waals surface area contributed by atoms with Crippen molar-refractivity contribution >= 4 is 17.6 Å². The summed E-state index contributed by atoms with van der Waals surface area (Å²) in [6, 6.07) is 0. The van der Waals surface area contributed by atoms with Crippen LogP contribution in [-0.2, 0) is 18.4 Å². The summed E-state index contributed by atoms with van der Waals surface area (Å²) in [4.78, 5) is 15.4. The molecular formula is C13H20ClN3O2. The molecule has 5 nitrogen and oxygen atoms in total. The third-order valence-corrected chi connectivity index (χ3v) is 4.29. The van der Waals surface area contributed by atoms with Gasteiger partial charge in [0.25, 0.3) is 0 Å². The minimum atomic E-state index is -0.661. The number of aromatic nitrogens is 2. The number of aliphatic carboxylic acids is 1. The average Bonchev–Trinajstić information content (AvgIpc) is 2.71. The van der Waals surface area contributed by atoms with E-state index in [1.165, 1.54) is 0 Å². The quantitative estimate of drug-likeness (QED) is 0.869. The average molecular weight is 286 g/mol. The number of imidazole rings is 1. The highest BCUT2D eigenvalue weighted by molar-refractivity contribution is 6.29. The van der Waals surface area contributed by atoms with Crippen molar-refractivity contribution in [2.75, 3.05) is 6.54 Å². The van der Waals surface area contributed by atoms with E-state index in [4.69, 9.17) is 11.6 Å². The van der Waals surface area contributed by atoms with Gasteiger partial charge in [0.2, 0.25) is 0 Å². The van der Waals surface area contributed by atoms with E-state index in [9.17, 15) is 9.90 Å². The standard InChI is InChI=1S/C13H20ClN3O2/c1-17-11(14)7-16-12(17)8-15-6-9-4-2-3-5-10(9)13(18)19/h7,9-10,15H,2-6,8H2,1H3,(H,18,19). The third kappa shape index (κ3) is 3.48. The van der Waals surface area contributed by atoms with Crippen molar-refractivity contribution in [3.63, 3.8) is 0 Å². The van der Waals surface area contributed by atoms with Crippen molar-refractivity contribution < 1.29 is 9.90 Å². The van der Waals surface area contributed by atoms with Gasteiger partial charge in [-0.2, -0.15) is 0 Å². The molecule has 0 saturated heterocycles. The van der Waals surface area contributed by atoms with Gasteiger partial charge in [0.1, 0.15) is 11.0 Å². The SMILES string of the molecule is Cn1c(Cl)cnc1CNCC1CCCCC1C(=O)O. The molecule has 0 spiro atoms. The monoisotopic (exact) mass is 285 g/mol. The Balaban J connectivity index is 1.84. The molecule has 1 aliphatic rings. The maximum absolute atomic E-state index is 11.2. The molecule has 6 heteroatoms. The van der Waals surface area contributed by atoms with Crippen LogP contribution in [0.25, 0.3) is 0 Å². The Morgan fingerprint density at radius 1 is 1.58 bits per heavy atom. The van der Waals surface area contributed by atoms with Crippen LogP contribution in [0.1, 0.15) is 31.5 Å². The van der Waals surface area contributed by atoms with E-state index in [1.54, 1.807) is 6.20 Å². The van der Waals surface area contributed by atoms with Crippen molar-refractivity contribution in [3.05, 3.63) is 17.2 Å². The van der Waals surface area contributed by atoms with Gasteiger partial charge in [-0.25, -0.2) is 4.98 Å². The number of nitrogens with one attached hydrogen (secondary N) is 1. The van der Waals surface area contributed by atoms with Crippen molar-refractivity contribution in [3.8, 4) is 0 Å². The smallest absolute Gasteiger partial charge is 0.306 e. The first-order chi connectivity index (χ1) is 9.09. The highest BCUT2D eigenvalue weighted by Crippen LogP contribution is 2.29. The second kappa shape index (κ2) is 6.39. The fourth-order valence-electron chi connectivity index (χ4n) is 2.73. The van der Waals surface area contributed by atoms with Crippen LogP contribution in [0.4, 0.5) is 0 Å². The van der Waals surface area contributed by atoms with E-state index in [1.807, 2.05) is 11.6 Å². The molecule has 1 saturated carbocycles. The van der Waals surface area contributed by atoms with Crippen LogP contribution in [0.5, 0.6) is 0 Å². The minimum absolute atomic E-state index is 0.203. The molecule has 0 radical (unpaired) electrons. The molecule has 106 valence electrons. The van der Waals surface area contributed by atoms with Gasteiger partial charge in [-0.3, -0.25) is 4.79 Å². The van der Waals surface area contributed by atoms with Crippen LogP contribution in [0.2, 0.25) is 5.15 Å². The summed E-state index contributed by atoms with van der Waals surface area (Å²) in [6.45, 7) is 1.34. The fourth-order valence-corrected chi connectivity index (χ4v) is 2.88. The lowest BCUT2D eigenvalue weighted by molar-refractivity contribution is -0.144. The number of carboxylic acids is 1. The topological polar surface area (TPSA) is 67.2 Å². The van der Waals surface area contributed by atoms with Crippen molar-refractivity contribution in [2.24, 2.45) is 18.9 Å². The van der Waals surface area contributed by atoms with Crippen LogP contribution in [0.3, 0.4) is 0 Å². The molecule has 0 amide bonds. The summed E-state index contributed by atoms with van der Waals surface area (Å²) in [5.74, 6) is 0.229. The Hall–Kier alpha value is -1.07. The Morgan fingerprint density at radius 2 is 2.32 bits per heavy atom. The van der Waals surface area contributed by atoms with E-state index in [2.05, 4.69) is 10.3 Å². The van der Waals surface area contributed by atoms with E-state index in [0.29, 0.717) is 11.7 Å². The molecule has 1 aliphatic carbocycles. The summed E-state index contributed by atoms with van der Waals surface area (Å²) in [7, 11) is 1.87. The minimum Gasteiger partial charge on any atom is -0.481 e. The highest BCUT2D eigenvalue weighted by atomic mass is 35.5. The molecule has 0 aromatic carbocycles. The van der Waals surface area contributed by atoms with Gasteiger partial charge in [-0.1, -0.05) is 24.4 Å². The van der Waals surface area contributed by atoms with Crippen LogP contribution >= 0.6 is 11.6 Å². The number of carboxylic acid groups (broad SMARTS) is 1. The lowest BCUT2D eigenvalue weighted by atomic mass is 9.79. The first kappa shape index (κ1) is 14.3. The summed E-state index contributed by atoms with van der Waals surface area (Å²) in [5, 5.41) is 13.1. The van der Waals surface area contributed by atoms with Gasteiger partial charge >= 0.3 is 5.97 Å². The van der Waals surface area contributed by atoms with E-state index < -0.39 is 5.97 Å². The predicted molar refractivity (Wildman–Crippen MR) is 73.0 cm³/mol. The first-order valence-corrected chi connectivity index (χ1v) is 7.07.